The number of amides is 1. The number of phenols is 1. The molecule has 0 spiro atoms. The second-order valence-corrected chi connectivity index (χ2v) is 10.4. The van der Waals surface area contributed by atoms with E-state index in [0.717, 1.165) is 28.1 Å². The van der Waals surface area contributed by atoms with E-state index in [-0.39, 0.29) is 22.5 Å². The topological polar surface area (TPSA) is 87.5 Å². The first-order valence-electron chi connectivity index (χ1n) is 9.92. The molecule has 2 rings (SSSR count). The predicted octanol–water partition coefficient (Wildman–Crippen LogP) is 4.64. The Kier molecular flexibility index (Phi) is 7.29. The van der Waals surface area contributed by atoms with Crippen LogP contribution in [0.15, 0.2) is 28.5 Å². The average Bonchev–Trinajstić information content (AvgIpc) is 2.58. The van der Waals surface area contributed by atoms with Crippen molar-refractivity contribution in [3.63, 3.8) is 0 Å². The van der Waals surface area contributed by atoms with E-state index in [1.54, 1.807) is 6.21 Å². The molecule has 0 atom stereocenters. The lowest BCUT2D eigenvalue weighted by Gasteiger charge is -2.27. The maximum Gasteiger partial charge on any atom is 0.250 e. The van der Waals surface area contributed by atoms with Crippen molar-refractivity contribution >= 4 is 23.9 Å². The van der Waals surface area contributed by atoms with Gasteiger partial charge in [0.05, 0.1) is 12.0 Å². The molecule has 1 heterocycles. The summed E-state index contributed by atoms with van der Waals surface area (Å²) in [5.41, 5.74) is 6.39. The van der Waals surface area contributed by atoms with Crippen LogP contribution in [-0.2, 0) is 15.6 Å². The van der Waals surface area contributed by atoms with E-state index in [1.807, 2.05) is 32.0 Å². The largest absolute Gasteiger partial charge is 0.507 e. The van der Waals surface area contributed by atoms with E-state index in [4.69, 9.17) is 0 Å². The number of aryl methyl sites for hydroxylation is 2. The number of benzene rings is 1. The van der Waals surface area contributed by atoms with Gasteiger partial charge in [-0.15, -0.1) is 0 Å². The minimum Gasteiger partial charge on any atom is -0.507 e. The van der Waals surface area contributed by atoms with Gasteiger partial charge in [0.1, 0.15) is 5.75 Å². The van der Waals surface area contributed by atoms with Gasteiger partial charge < -0.3 is 5.11 Å². The molecule has 0 saturated heterocycles. The van der Waals surface area contributed by atoms with E-state index in [0.29, 0.717) is 10.9 Å². The Bertz CT molecular complexity index is 901. The van der Waals surface area contributed by atoms with Gasteiger partial charge in [-0.2, -0.15) is 5.10 Å². The van der Waals surface area contributed by atoms with Gasteiger partial charge in [0, 0.05) is 22.5 Å². The van der Waals surface area contributed by atoms with Crippen molar-refractivity contribution in [1.29, 1.82) is 0 Å². The van der Waals surface area contributed by atoms with Crippen LogP contribution in [0.2, 0.25) is 0 Å². The number of carbonyl (C=O) groups excluding carboxylic acids is 1. The molecule has 1 amide bonds. The third-order valence-corrected chi connectivity index (χ3v) is 5.29. The Morgan fingerprint density at radius 3 is 2.00 bits per heavy atom. The van der Waals surface area contributed by atoms with Crippen LogP contribution in [0.4, 0.5) is 0 Å². The average molecular weight is 429 g/mol. The summed E-state index contributed by atoms with van der Waals surface area (Å²) in [5.74, 6) is 0.266. The minimum absolute atomic E-state index is 0.177. The van der Waals surface area contributed by atoms with Crippen molar-refractivity contribution < 1.29 is 9.90 Å². The lowest BCUT2D eigenvalue weighted by Crippen LogP contribution is -2.20. The Balaban J connectivity index is 2.12. The highest BCUT2D eigenvalue weighted by Gasteiger charge is 2.26. The number of phenolic OH excluding ortho intramolecular Hbond substituents is 1. The fourth-order valence-electron chi connectivity index (χ4n) is 2.97. The summed E-state index contributed by atoms with van der Waals surface area (Å²) in [5, 5.41) is 15.5. The summed E-state index contributed by atoms with van der Waals surface area (Å²) in [6.07, 6.45) is 1.61. The van der Waals surface area contributed by atoms with Crippen LogP contribution in [0.3, 0.4) is 0 Å². The fraction of sp³-hybridized carbons (Fsp3) is 0.478. The first-order chi connectivity index (χ1) is 13.8. The molecule has 0 aliphatic rings. The van der Waals surface area contributed by atoms with Crippen LogP contribution < -0.4 is 5.43 Å². The highest BCUT2D eigenvalue weighted by Crippen LogP contribution is 2.39. The molecule has 0 fully saturated rings. The summed E-state index contributed by atoms with van der Waals surface area (Å²) in [6, 6.07) is 5.72. The highest BCUT2D eigenvalue weighted by atomic mass is 32.2. The lowest BCUT2D eigenvalue weighted by atomic mass is 9.78. The zero-order valence-corrected chi connectivity index (χ0v) is 19.9. The number of aromatic hydroxyl groups is 1. The molecular formula is C23H32N4O2S. The van der Waals surface area contributed by atoms with Crippen molar-refractivity contribution in [1.82, 2.24) is 15.4 Å². The maximum absolute atomic E-state index is 12.1. The fourth-order valence-corrected chi connectivity index (χ4v) is 3.72. The summed E-state index contributed by atoms with van der Waals surface area (Å²) in [4.78, 5) is 20.8. The molecule has 7 heteroatoms. The number of carbonyl (C=O) groups is 1. The predicted molar refractivity (Wildman–Crippen MR) is 123 cm³/mol. The molecule has 0 saturated carbocycles. The van der Waals surface area contributed by atoms with Gasteiger partial charge in [-0.3, -0.25) is 4.79 Å². The number of nitrogens with zero attached hydrogens (tertiary/aromatic N) is 3. The number of thioether (sulfide) groups is 1. The van der Waals surface area contributed by atoms with E-state index in [1.165, 1.54) is 11.8 Å². The van der Waals surface area contributed by atoms with Gasteiger partial charge >= 0.3 is 0 Å². The summed E-state index contributed by atoms with van der Waals surface area (Å²) in [7, 11) is 0. The Morgan fingerprint density at radius 1 is 1.03 bits per heavy atom. The smallest absolute Gasteiger partial charge is 0.250 e. The summed E-state index contributed by atoms with van der Waals surface area (Å²) < 4.78 is 0. The molecule has 0 unspecified atom stereocenters. The SMILES string of the molecule is Cc1cc(C)nc(SCC(=O)N/N=C\c2cc(C(C)(C)C)c(O)c(C(C)(C)C)c2)n1. The molecule has 1 aromatic carbocycles. The Hall–Kier alpha value is -2.41. The molecule has 6 nitrogen and oxygen atoms in total. The second kappa shape index (κ2) is 9.16. The highest BCUT2D eigenvalue weighted by molar-refractivity contribution is 7.99. The van der Waals surface area contributed by atoms with Crippen LogP contribution in [0.1, 0.15) is 69.6 Å². The number of aromatic nitrogens is 2. The van der Waals surface area contributed by atoms with E-state index >= 15 is 0 Å². The Morgan fingerprint density at radius 2 is 1.53 bits per heavy atom. The minimum atomic E-state index is -0.232. The molecule has 30 heavy (non-hydrogen) atoms. The molecule has 0 aliphatic carbocycles. The zero-order valence-electron chi connectivity index (χ0n) is 19.1. The second-order valence-electron chi connectivity index (χ2n) is 9.48. The standard InChI is InChI=1S/C23H32N4O2S/c1-14-9-15(2)26-21(25-14)30-13-19(28)27-24-12-16-10-17(22(3,4)5)20(29)18(11-16)23(6,7)8/h9-12,29H,13H2,1-8H3,(H,27,28)/b24-12-. The monoisotopic (exact) mass is 428 g/mol. The molecule has 2 aromatic rings. The number of hydrazone groups is 1. The van der Waals surface area contributed by atoms with E-state index in [2.05, 4.69) is 62.0 Å². The molecule has 2 N–H and O–H groups in total. The van der Waals surface area contributed by atoms with Crippen LogP contribution in [-0.4, -0.2) is 32.9 Å². The van der Waals surface area contributed by atoms with Crippen LogP contribution in [0.25, 0.3) is 0 Å². The molecule has 0 aliphatic heterocycles. The molecule has 162 valence electrons. The quantitative estimate of drug-likeness (QED) is 0.314. The summed E-state index contributed by atoms with van der Waals surface area (Å²) >= 11 is 1.28. The third-order valence-electron chi connectivity index (χ3n) is 4.45. The van der Waals surface area contributed by atoms with Gasteiger partial charge in [0.15, 0.2) is 5.16 Å². The number of hydrogen-bond donors (Lipinski definition) is 2. The van der Waals surface area contributed by atoms with Gasteiger partial charge in [-0.05, 0) is 48.4 Å². The van der Waals surface area contributed by atoms with Crippen molar-refractivity contribution in [2.45, 2.75) is 71.4 Å². The number of hydrogen-bond acceptors (Lipinski definition) is 6. The van der Waals surface area contributed by atoms with Crippen LogP contribution >= 0.6 is 11.8 Å². The van der Waals surface area contributed by atoms with Gasteiger partial charge in [0.2, 0.25) is 0 Å². The summed E-state index contributed by atoms with van der Waals surface area (Å²) in [6.45, 7) is 16.2. The van der Waals surface area contributed by atoms with Crippen molar-refractivity contribution in [2.75, 3.05) is 5.75 Å². The van der Waals surface area contributed by atoms with Gasteiger partial charge in [0.25, 0.3) is 5.91 Å². The van der Waals surface area contributed by atoms with Gasteiger partial charge in [-0.1, -0.05) is 53.3 Å². The van der Waals surface area contributed by atoms with Crippen molar-refractivity contribution in [2.24, 2.45) is 5.10 Å². The molecular weight excluding hydrogens is 396 g/mol. The van der Waals surface area contributed by atoms with Crippen LogP contribution in [0.5, 0.6) is 5.75 Å². The lowest BCUT2D eigenvalue weighted by molar-refractivity contribution is -0.118. The zero-order chi connectivity index (χ0) is 22.7. The number of nitrogens with one attached hydrogen (secondary N) is 1. The molecule has 1 aromatic heterocycles. The Labute approximate surface area is 183 Å². The first kappa shape index (κ1) is 23.9. The van der Waals surface area contributed by atoms with Gasteiger partial charge in [-0.25, -0.2) is 15.4 Å². The van der Waals surface area contributed by atoms with Crippen molar-refractivity contribution in [3.8, 4) is 5.75 Å². The maximum atomic E-state index is 12.1. The third kappa shape index (κ3) is 6.55. The van der Waals surface area contributed by atoms with E-state index in [9.17, 15) is 9.90 Å². The molecule has 0 radical (unpaired) electrons. The molecule has 0 bridgehead atoms. The van der Waals surface area contributed by atoms with E-state index < -0.39 is 0 Å². The first-order valence-corrected chi connectivity index (χ1v) is 10.9. The normalized spacial score (nSPS) is 12.4. The van der Waals surface area contributed by atoms with Crippen molar-refractivity contribution in [3.05, 3.63) is 46.3 Å². The van der Waals surface area contributed by atoms with Crippen LogP contribution in [0, 0.1) is 13.8 Å². The number of rotatable bonds is 5.